The predicted molar refractivity (Wildman–Crippen MR) is 78.3 cm³/mol. The highest BCUT2D eigenvalue weighted by Crippen LogP contribution is 2.26. The molecule has 0 atom stereocenters. The first kappa shape index (κ1) is 15.5. The van der Waals surface area contributed by atoms with Gasteiger partial charge in [-0.25, -0.2) is 9.07 Å². The Bertz CT molecular complexity index is 662. The number of hydrogen-bond donors (Lipinski definition) is 0. The highest BCUT2D eigenvalue weighted by atomic mass is 35.5. The number of para-hydroxylation sites is 1. The Balaban J connectivity index is 2.46. The molecule has 2 aromatic rings. The van der Waals surface area contributed by atoms with Gasteiger partial charge in [0.1, 0.15) is 11.5 Å². The van der Waals surface area contributed by atoms with Crippen molar-refractivity contribution >= 4 is 17.6 Å². The molecule has 0 amide bonds. The minimum absolute atomic E-state index is 0.109. The van der Waals surface area contributed by atoms with E-state index in [1.54, 1.807) is 26.8 Å². The molecule has 6 heteroatoms. The lowest BCUT2D eigenvalue weighted by Gasteiger charge is -2.08. The molecule has 0 fully saturated rings. The number of aromatic nitrogens is 2. The van der Waals surface area contributed by atoms with Crippen molar-refractivity contribution in [2.24, 2.45) is 0 Å². The topological polar surface area (TPSA) is 44.1 Å². The molecule has 0 spiro atoms. The largest absolute Gasteiger partial charge is 0.466 e. The summed E-state index contributed by atoms with van der Waals surface area (Å²) < 4.78 is 20.4. The zero-order valence-electron chi connectivity index (χ0n) is 12.1. The van der Waals surface area contributed by atoms with Crippen molar-refractivity contribution in [3.63, 3.8) is 0 Å². The molecule has 0 saturated heterocycles. The van der Waals surface area contributed by atoms with E-state index in [9.17, 15) is 9.18 Å². The predicted octanol–water partition coefficient (Wildman–Crippen LogP) is 3.39. The van der Waals surface area contributed by atoms with Crippen LogP contribution in [-0.4, -0.2) is 22.4 Å². The van der Waals surface area contributed by atoms with Gasteiger partial charge in [0.05, 0.1) is 23.7 Å². The molecule has 1 aromatic carbocycles. The Morgan fingerprint density at radius 1 is 1.43 bits per heavy atom. The maximum Gasteiger partial charge on any atom is 0.310 e. The molecule has 21 heavy (non-hydrogen) atoms. The SMILES string of the molecule is CCOC(=O)Cc1c(C)nn(-c2c(F)cccc2Cl)c1C. The molecule has 0 aliphatic rings. The zero-order valence-corrected chi connectivity index (χ0v) is 12.9. The van der Waals surface area contributed by atoms with Crippen molar-refractivity contribution in [3.8, 4) is 5.69 Å². The molecule has 112 valence electrons. The molecular weight excluding hydrogens is 295 g/mol. The van der Waals surface area contributed by atoms with Crippen molar-refractivity contribution in [1.82, 2.24) is 9.78 Å². The monoisotopic (exact) mass is 310 g/mol. The van der Waals surface area contributed by atoms with Gasteiger partial charge in [-0.3, -0.25) is 4.79 Å². The molecule has 4 nitrogen and oxygen atoms in total. The van der Waals surface area contributed by atoms with E-state index in [0.717, 1.165) is 5.56 Å². The number of hydrogen-bond acceptors (Lipinski definition) is 3. The number of carbonyl (C=O) groups excluding carboxylic acids is 1. The maximum absolute atomic E-state index is 14.0. The molecule has 1 aromatic heterocycles. The first-order chi connectivity index (χ1) is 9.95. The van der Waals surface area contributed by atoms with Crippen LogP contribution in [0.5, 0.6) is 0 Å². The smallest absolute Gasteiger partial charge is 0.310 e. The molecular formula is C15H16ClFN2O2. The summed E-state index contributed by atoms with van der Waals surface area (Å²) in [5, 5.41) is 4.57. The van der Waals surface area contributed by atoms with Crippen LogP contribution in [-0.2, 0) is 16.0 Å². The Morgan fingerprint density at radius 2 is 2.14 bits per heavy atom. The van der Waals surface area contributed by atoms with Gasteiger partial charge in [0.2, 0.25) is 0 Å². The molecule has 0 radical (unpaired) electrons. The van der Waals surface area contributed by atoms with Crippen molar-refractivity contribution in [1.29, 1.82) is 0 Å². The fraction of sp³-hybridized carbons (Fsp3) is 0.333. The number of benzene rings is 1. The summed E-state index contributed by atoms with van der Waals surface area (Å²) in [5.41, 5.74) is 2.25. The van der Waals surface area contributed by atoms with E-state index < -0.39 is 5.82 Å². The Morgan fingerprint density at radius 3 is 2.76 bits per heavy atom. The van der Waals surface area contributed by atoms with Gasteiger partial charge in [0.25, 0.3) is 0 Å². The Labute approximate surface area is 127 Å². The Hall–Kier alpha value is -1.88. The fourth-order valence-electron chi connectivity index (χ4n) is 2.20. The fourth-order valence-corrected chi connectivity index (χ4v) is 2.44. The van der Waals surface area contributed by atoms with E-state index in [1.807, 2.05) is 0 Å². The average molecular weight is 311 g/mol. The maximum atomic E-state index is 14.0. The van der Waals surface area contributed by atoms with E-state index >= 15 is 0 Å². The van der Waals surface area contributed by atoms with Gasteiger partial charge in [-0.15, -0.1) is 0 Å². The summed E-state index contributed by atoms with van der Waals surface area (Å²) in [4.78, 5) is 11.6. The van der Waals surface area contributed by atoms with Gasteiger partial charge in [0.15, 0.2) is 0 Å². The quantitative estimate of drug-likeness (QED) is 0.813. The van der Waals surface area contributed by atoms with Crippen LogP contribution in [0, 0.1) is 19.7 Å². The molecule has 0 N–H and O–H groups in total. The second-order valence-electron chi connectivity index (χ2n) is 4.61. The number of carbonyl (C=O) groups is 1. The summed E-state index contributed by atoms with van der Waals surface area (Å²) in [5.74, 6) is -0.793. The zero-order chi connectivity index (χ0) is 15.6. The van der Waals surface area contributed by atoms with Gasteiger partial charge in [-0.2, -0.15) is 5.10 Å². The lowest BCUT2D eigenvalue weighted by molar-refractivity contribution is -0.142. The summed E-state index contributed by atoms with van der Waals surface area (Å²) in [7, 11) is 0. The summed E-state index contributed by atoms with van der Waals surface area (Å²) in [6.45, 7) is 5.62. The molecule has 0 aliphatic heterocycles. The van der Waals surface area contributed by atoms with Crippen LogP contribution in [0.3, 0.4) is 0 Å². The number of nitrogens with zero attached hydrogens (tertiary/aromatic N) is 2. The third-order valence-electron chi connectivity index (χ3n) is 3.22. The number of esters is 1. The summed E-state index contributed by atoms with van der Waals surface area (Å²) in [6, 6.07) is 4.45. The Kier molecular flexibility index (Phi) is 4.63. The average Bonchev–Trinajstić information content (AvgIpc) is 2.67. The first-order valence-electron chi connectivity index (χ1n) is 6.60. The van der Waals surface area contributed by atoms with Gasteiger partial charge in [-0.1, -0.05) is 17.7 Å². The highest BCUT2D eigenvalue weighted by molar-refractivity contribution is 6.32. The first-order valence-corrected chi connectivity index (χ1v) is 6.98. The van der Waals surface area contributed by atoms with Crippen molar-refractivity contribution < 1.29 is 13.9 Å². The molecule has 0 saturated carbocycles. The normalized spacial score (nSPS) is 10.7. The van der Waals surface area contributed by atoms with E-state index in [-0.39, 0.29) is 23.1 Å². The van der Waals surface area contributed by atoms with Crippen LogP contribution in [0.1, 0.15) is 23.9 Å². The van der Waals surface area contributed by atoms with Crippen LogP contribution in [0.4, 0.5) is 4.39 Å². The van der Waals surface area contributed by atoms with Crippen LogP contribution >= 0.6 is 11.6 Å². The number of ether oxygens (including phenoxy) is 1. The standard InChI is InChI=1S/C15H16ClFN2O2/c1-4-21-14(20)8-11-9(2)18-19(10(11)3)15-12(16)6-5-7-13(15)17/h5-7H,4,8H2,1-3H3. The summed E-state index contributed by atoms with van der Waals surface area (Å²) >= 11 is 6.06. The number of rotatable bonds is 4. The molecule has 0 bridgehead atoms. The van der Waals surface area contributed by atoms with Gasteiger partial charge >= 0.3 is 5.97 Å². The second-order valence-corrected chi connectivity index (χ2v) is 5.02. The molecule has 0 aliphatic carbocycles. The highest BCUT2D eigenvalue weighted by Gasteiger charge is 2.19. The van der Waals surface area contributed by atoms with Crippen LogP contribution in [0.2, 0.25) is 5.02 Å². The third kappa shape index (κ3) is 3.08. The van der Waals surface area contributed by atoms with Crippen molar-refractivity contribution in [2.75, 3.05) is 6.61 Å². The van der Waals surface area contributed by atoms with E-state index in [4.69, 9.17) is 16.3 Å². The summed E-state index contributed by atoms with van der Waals surface area (Å²) in [6.07, 6.45) is 0.109. The minimum atomic E-state index is -0.462. The van der Waals surface area contributed by atoms with E-state index in [0.29, 0.717) is 18.0 Å². The molecule has 0 unspecified atom stereocenters. The number of halogens is 2. The van der Waals surface area contributed by atoms with Crippen LogP contribution in [0.25, 0.3) is 5.69 Å². The minimum Gasteiger partial charge on any atom is -0.466 e. The lowest BCUT2D eigenvalue weighted by Crippen LogP contribution is -2.09. The van der Waals surface area contributed by atoms with Gasteiger partial charge in [0, 0.05) is 11.3 Å². The van der Waals surface area contributed by atoms with Crippen LogP contribution < -0.4 is 0 Å². The van der Waals surface area contributed by atoms with Crippen LogP contribution in [0.15, 0.2) is 18.2 Å². The third-order valence-corrected chi connectivity index (χ3v) is 3.52. The van der Waals surface area contributed by atoms with E-state index in [2.05, 4.69) is 5.10 Å². The molecule has 2 rings (SSSR count). The van der Waals surface area contributed by atoms with Crippen molar-refractivity contribution in [3.05, 3.63) is 46.0 Å². The van der Waals surface area contributed by atoms with Gasteiger partial charge in [-0.05, 0) is 32.9 Å². The van der Waals surface area contributed by atoms with E-state index in [1.165, 1.54) is 16.8 Å². The van der Waals surface area contributed by atoms with Crippen molar-refractivity contribution in [2.45, 2.75) is 27.2 Å². The second kappa shape index (κ2) is 6.26. The molecule has 1 heterocycles. The lowest BCUT2D eigenvalue weighted by atomic mass is 10.1. The number of aryl methyl sites for hydroxylation is 1. The van der Waals surface area contributed by atoms with Gasteiger partial charge < -0.3 is 4.74 Å².